The highest BCUT2D eigenvalue weighted by atomic mass is 16.4. The fourth-order valence-corrected chi connectivity index (χ4v) is 3.24. The normalized spacial score (nSPS) is 21.4. The van der Waals surface area contributed by atoms with Crippen LogP contribution in [-0.4, -0.2) is 16.9 Å². The van der Waals surface area contributed by atoms with E-state index in [0.717, 1.165) is 32.1 Å². The third-order valence-corrected chi connectivity index (χ3v) is 4.64. The highest BCUT2D eigenvalue weighted by Crippen LogP contribution is 2.35. The molecule has 3 nitrogen and oxygen atoms in total. The smallest absolute Gasteiger partial charge is 0.303 e. The van der Waals surface area contributed by atoms with Gasteiger partial charge in [-0.15, -0.1) is 0 Å². The lowest BCUT2D eigenvalue weighted by atomic mass is 9.92. The van der Waals surface area contributed by atoms with Crippen LogP contribution in [0.3, 0.4) is 0 Å². The summed E-state index contributed by atoms with van der Waals surface area (Å²) in [7, 11) is 0. The third kappa shape index (κ3) is 9.37. The Morgan fingerprint density at radius 1 is 1.09 bits per heavy atom. The molecule has 0 spiro atoms. The van der Waals surface area contributed by atoms with Crippen LogP contribution in [0, 0.1) is 11.8 Å². The van der Waals surface area contributed by atoms with E-state index in [9.17, 15) is 9.59 Å². The van der Waals surface area contributed by atoms with Crippen LogP contribution in [0.1, 0.15) is 77.6 Å². The number of hydrogen-bond acceptors (Lipinski definition) is 2. The molecule has 0 aromatic heterocycles. The van der Waals surface area contributed by atoms with E-state index in [1.165, 1.54) is 19.3 Å². The molecule has 23 heavy (non-hydrogen) atoms. The van der Waals surface area contributed by atoms with Crippen molar-refractivity contribution in [1.82, 2.24) is 0 Å². The van der Waals surface area contributed by atoms with Crippen molar-refractivity contribution in [2.24, 2.45) is 11.8 Å². The maximum absolute atomic E-state index is 11.8. The molecule has 1 saturated carbocycles. The number of carboxylic acid groups (broad SMARTS) is 1. The van der Waals surface area contributed by atoms with Crippen LogP contribution < -0.4 is 0 Å². The molecule has 2 atom stereocenters. The zero-order valence-corrected chi connectivity index (χ0v) is 14.5. The Morgan fingerprint density at radius 3 is 2.65 bits per heavy atom. The number of unbranched alkanes of at least 4 members (excludes halogenated alkanes) is 3. The summed E-state index contributed by atoms with van der Waals surface area (Å²) in [5.41, 5.74) is 0. The Balaban J connectivity index is 2.26. The molecule has 3 heteroatoms. The largest absolute Gasteiger partial charge is 0.481 e. The SMILES string of the molecule is CCCCCC(=O)C=CC1CCCC1CC=CCCCC(=O)O. The summed E-state index contributed by atoms with van der Waals surface area (Å²) in [6, 6.07) is 0. The van der Waals surface area contributed by atoms with Crippen molar-refractivity contribution >= 4 is 11.8 Å². The lowest BCUT2D eigenvalue weighted by Gasteiger charge is -2.13. The summed E-state index contributed by atoms with van der Waals surface area (Å²) in [5.74, 6) is 0.732. The number of carboxylic acids is 1. The minimum Gasteiger partial charge on any atom is -0.481 e. The first-order chi connectivity index (χ1) is 11.1. The number of carbonyl (C=O) groups excluding carboxylic acids is 1. The third-order valence-electron chi connectivity index (χ3n) is 4.64. The number of aliphatic carboxylic acids is 1. The van der Waals surface area contributed by atoms with Gasteiger partial charge in [0, 0.05) is 12.8 Å². The number of hydrogen-bond donors (Lipinski definition) is 1. The summed E-state index contributed by atoms with van der Waals surface area (Å²) < 4.78 is 0. The van der Waals surface area contributed by atoms with Crippen molar-refractivity contribution in [2.45, 2.75) is 77.6 Å². The van der Waals surface area contributed by atoms with E-state index >= 15 is 0 Å². The van der Waals surface area contributed by atoms with Gasteiger partial charge in [0.2, 0.25) is 0 Å². The standard InChI is InChI=1S/C20H32O3/c1-2-3-6-13-19(21)16-15-18-12-9-11-17(18)10-7-4-5-8-14-20(22)23/h4,7,15-18H,2-3,5-6,8-14H2,1H3,(H,22,23). The molecule has 0 bridgehead atoms. The predicted octanol–water partition coefficient (Wildman–Crippen LogP) is 5.31. The minimum atomic E-state index is -0.719. The Labute approximate surface area is 140 Å². The Bertz CT molecular complexity index is 409. The molecule has 0 radical (unpaired) electrons. The summed E-state index contributed by atoms with van der Waals surface area (Å²) >= 11 is 0. The molecule has 130 valence electrons. The zero-order chi connectivity index (χ0) is 16.9. The van der Waals surface area contributed by atoms with Gasteiger partial charge < -0.3 is 5.11 Å². The number of carbonyl (C=O) groups is 2. The van der Waals surface area contributed by atoms with Crippen LogP contribution in [0.15, 0.2) is 24.3 Å². The van der Waals surface area contributed by atoms with Crippen molar-refractivity contribution in [3.05, 3.63) is 24.3 Å². The van der Waals surface area contributed by atoms with Gasteiger partial charge in [0.1, 0.15) is 0 Å². The lowest BCUT2D eigenvalue weighted by molar-refractivity contribution is -0.137. The average molecular weight is 320 g/mol. The quantitative estimate of drug-likeness (QED) is 0.301. The molecule has 1 N–H and O–H groups in total. The van der Waals surface area contributed by atoms with Crippen molar-refractivity contribution in [2.75, 3.05) is 0 Å². The van der Waals surface area contributed by atoms with Crippen LogP contribution in [-0.2, 0) is 9.59 Å². The van der Waals surface area contributed by atoms with Crippen molar-refractivity contribution < 1.29 is 14.7 Å². The number of ketones is 1. The van der Waals surface area contributed by atoms with E-state index in [1.807, 2.05) is 6.08 Å². The van der Waals surface area contributed by atoms with Crippen LogP contribution in [0.4, 0.5) is 0 Å². The molecule has 1 rings (SSSR count). The highest BCUT2D eigenvalue weighted by Gasteiger charge is 2.23. The monoisotopic (exact) mass is 320 g/mol. The number of allylic oxidation sites excluding steroid dienone is 4. The van der Waals surface area contributed by atoms with Gasteiger partial charge in [0.15, 0.2) is 5.78 Å². The van der Waals surface area contributed by atoms with E-state index in [4.69, 9.17) is 5.11 Å². The molecule has 0 aliphatic heterocycles. The molecule has 1 aliphatic carbocycles. The molecule has 0 aromatic carbocycles. The van der Waals surface area contributed by atoms with Gasteiger partial charge in [-0.3, -0.25) is 9.59 Å². The summed E-state index contributed by atoms with van der Waals surface area (Å²) in [4.78, 5) is 22.3. The first-order valence-corrected chi connectivity index (χ1v) is 9.21. The number of rotatable bonds is 12. The van der Waals surface area contributed by atoms with Crippen molar-refractivity contribution in [3.63, 3.8) is 0 Å². The van der Waals surface area contributed by atoms with E-state index in [2.05, 4.69) is 25.2 Å². The van der Waals surface area contributed by atoms with Crippen LogP contribution in [0.5, 0.6) is 0 Å². The first-order valence-electron chi connectivity index (χ1n) is 9.21. The van der Waals surface area contributed by atoms with Crippen molar-refractivity contribution in [3.8, 4) is 0 Å². The van der Waals surface area contributed by atoms with Gasteiger partial charge in [-0.1, -0.05) is 44.4 Å². The molecule has 0 saturated heterocycles. The Hall–Kier alpha value is -1.38. The molecule has 2 unspecified atom stereocenters. The summed E-state index contributed by atoms with van der Waals surface area (Å²) in [6.45, 7) is 2.15. The molecule has 1 fully saturated rings. The second-order valence-electron chi connectivity index (χ2n) is 6.63. The molecule has 0 amide bonds. The van der Waals surface area contributed by atoms with Gasteiger partial charge in [0.25, 0.3) is 0 Å². The highest BCUT2D eigenvalue weighted by molar-refractivity contribution is 5.89. The van der Waals surface area contributed by atoms with Gasteiger partial charge in [-0.25, -0.2) is 0 Å². The second kappa shape index (κ2) is 12.1. The second-order valence-corrected chi connectivity index (χ2v) is 6.63. The molecule has 0 aromatic rings. The van der Waals surface area contributed by atoms with Crippen LogP contribution in [0.2, 0.25) is 0 Å². The molecular weight excluding hydrogens is 288 g/mol. The predicted molar refractivity (Wildman–Crippen MR) is 94.4 cm³/mol. The molecule has 1 aliphatic rings. The Morgan fingerprint density at radius 2 is 1.91 bits per heavy atom. The fraction of sp³-hybridized carbons (Fsp3) is 0.700. The average Bonchev–Trinajstić information content (AvgIpc) is 2.96. The van der Waals surface area contributed by atoms with Crippen LogP contribution >= 0.6 is 0 Å². The zero-order valence-electron chi connectivity index (χ0n) is 14.5. The van der Waals surface area contributed by atoms with Gasteiger partial charge in [0.05, 0.1) is 0 Å². The van der Waals surface area contributed by atoms with Gasteiger partial charge >= 0.3 is 5.97 Å². The van der Waals surface area contributed by atoms with Crippen molar-refractivity contribution in [1.29, 1.82) is 0 Å². The maximum atomic E-state index is 11.8. The molecule has 0 heterocycles. The van der Waals surface area contributed by atoms with E-state index in [-0.39, 0.29) is 12.2 Å². The summed E-state index contributed by atoms with van der Waals surface area (Å²) in [5, 5.41) is 8.59. The van der Waals surface area contributed by atoms with E-state index < -0.39 is 5.97 Å². The first kappa shape index (κ1) is 19.7. The van der Waals surface area contributed by atoms with E-state index in [0.29, 0.717) is 24.7 Å². The topological polar surface area (TPSA) is 54.4 Å². The fourth-order valence-electron chi connectivity index (χ4n) is 3.24. The minimum absolute atomic E-state index is 0.249. The Kier molecular flexibility index (Phi) is 10.3. The molecular formula is C20H32O3. The van der Waals surface area contributed by atoms with Crippen LogP contribution in [0.25, 0.3) is 0 Å². The lowest BCUT2D eigenvalue weighted by Crippen LogP contribution is -2.05. The van der Waals surface area contributed by atoms with Gasteiger partial charge in [-0.05, 0) is 56.4 Å². The van der Waals surface area contributed by atoms with Gasteiger partial charge in [-0.2, -0.15) is 0 Å². The summed E-state index contributed by atoms with van der Waals surface area (Å²) in [6.07, 6.45) is 18.8. The van der Waals surface area contributed by atoms with E-state index in [1.54, 1.807) is 0 Å². The maximum Gasteiger partial charge on any atom is 0.303 e.